The molecule has 4 aliphatic rings. The Morgan fingerprint density at radius 2 is 1.86 bits per heavy atom. The maximum absolute atomic E-state index is 13.1. The minimum atomic E-state index is -1.25. The molecule has 10 atom stereocenters. The Morgan fingerprint density at radius 1 is 1.10 bits per heavy atom. The smallest absolute Gasteiger partial charge is 0.145 e. The van der Waals surface area contributed by atoms with Crippen molar-refractivity contribution in [2.75, 3.05) is 26.7 Å². The number of aryl methyl sites for hydroxylation is 1. The van der Waals surface area contributed by atoms with Crippen LogP contribution in [0.4, 0.5) is 0 Å². The summed E-state index contributed by atoms with van der Waals surface area (Å²) in [6, 6.07) is 19.5. The molecule has 6 N–H and O–H groups in total. The first-order chi connectivity index (χ1) is 28.4. The van der Waals surface area contributed by atoms with Crippen molar-refractivity contribution in [3.8, 4) is 0 Å². The van der Waals surface area contributed by atoms with Gasteiger partial charge in [0.05, 0.1) is 17.8 Å². The number of aliphatic hydroxyl groups excluding tert-OH is 3. The molecule has 2 aromatic rings. The minimum absolute atomic E-state index is 0.0376. The highest BCUT2D eigenvalue weighted by Gasteiger charge is 2.68. The van der Waals surface area contributed by atoms with Gasteiger partial charge >= 0.3 is 0 Å². The average molecular weight is 803 g/mol. The number of aliphatic hydroxyl groups is 4. The normalized spacial score (nSPS) is 32.6. The van der Waals surface area contributed by atoms with Crippen LogP contribution in [0.15, 0.2) is 125 Å². The van der Waals surface area contributed by atoms with E-state index in [9.17, 15) is 25.2 Å². The van der Waals surface area contributed by atoms with E-state index in [0.29, 0.717) is 63.1 Å². The van der Waals surface area contributed by atoms with Crippen molar-refractivity contribution in [2.24, 2.45) is 35.0 Å². The molecule has 1 spiro atoms. The number of carbonyl (C=O) groups excluding carboxylic acids is 1. The van der Waals surface area contributed by atoms with Crippen LogP contribution >= 0.6 is 0 Å². The van der Waals surface area contributed by atoms with E-state index in [1.165, 1.54) is 16.7 Å². The highest BCUT2D eigenvalue weighted by atomic mass is 16.3. The van der Waals surface area contributed by atoms with Gasteiger partial charge in [0, 0.05) is 36.4 Å². The maximum atomic E-state index is 13.1. The molecule has 2 aromatic carbocycles. The van der Waals surface area contributed by atoms with Crippen molar-refractivity contribution in [3.05, 3.63) is 142 Å². The third kappa shape index (κ3) is 9.93. The zero-order chi connectivity index (χ0) is 42.2. The quantitative estimate of drug-likeness (QED) is 0.0505. The highest BCUT2D eigenvalue weighted by molar-refractivity contribution is 5.74. The van der Waals surface area contributed by atoms with E-state index in [0.717, 1.165) is 54.4 Å². The summed E-state index contributed by atoms with van der Waals surface area (Å²) < 4.78 is 0. The lowest BCUT2D eigenvalue weighted by Crippen LogP contribution is -2.65. The lowest BCUT2D eigenvalue weighted by molar-refractivity contribution is -0.194. The van der Waals surface area contributed by atoms with Crippen molar-refractivity contribution in [1.29, 1.82) is 0 Å². The molecule has 2 saturated carbocycles. The van der Waals surface area contributed by atoms with Gasteiger partial charge in [0.1, 0.15) is 6.29 Å². The average Bonchev–Trinajstić information content (AvgIpc) is 3.58. The Bertz CT molecular complexity index is 1910. The Balaban J connectivity index is 1.37. The zero-order valence-electron chi connectivity index (χ0n) is 36.0. The van der Waals surface area contributed by atoms with Gasteiger partial charge in [-0.1, -0.05) is 114 Å². The van der Waals surface area contributed by atoms with E-state index >= 15 is 0 Å². The van der Waals surface area contributed by atoms with Crippen LogP contribution < -0.4 is 10.6 Å². The monoisotopic (exact) mass is 803 g/mol. The summed E-state index contributed by atoms with van der Waals surface area (Å²) in [6.07, 6.45) is 18.1. The van der Waals surface area contributed by atoms with Crippen molar-refractivity contribution in [3.63, 3.8) is 0 Å². The van der Waals surface area contributed by atoms with E-state index in [2.05, 4.69) is 91.8 Å². The van der Waals surface area contributed by atoms with Gasteiger partial charge in [-0.2, -0.15) is 0 Å². The second kappa shape index (κ2) is 20.2. The second-order valence-electron chi connectivity index (χ2n) is 18.3. The Kier molecular flexibility index (Phi) is 15.4. The summed E-state index contributed by atoms with van der Waals surface area (Å²) in [5.41, 5.74) is 6.23. The van der Waals surface area contributed by atoms with Crippen molar-refractivity contribution in [2.45, 2.75) is 109 Å². The number of hydrogen-bond acceptors (Lipinski definition) is 7. The van der Waals surface area contributed by atoms with Gasteiger partial charge in [0.15, 0.2) is 0 Å². The number of allylic oxidation sites excluding steroid dienone is 9. The van der Waals surface area contributed by atoms with Crippen LogP contribution in [0, 0.1) is 35.0 Å². The van der Waals surface area contributed by atoms with E-state index in [4.69, 9.17) is 0 Å². The van der Waals surface area contributed by atoms with E-state index < -0.39 is 29.1 Å². The fourth-order valence-corrected chi connectivity index (χ4v) is 11.3. The van der Waals surface area contributed by atoms with E-state index in [1.54, 1.807) is 0 Å². The standard InChI is InChI=1S/C52H70N2O5/c1-35-17-19-43(31-41-15-10-14-40(30-41)29-38(4)54-33-35)36(2)11-9-16-45(47(57)22-18-39-12-7-6-8-13-39)46-23-25-52(50(46)58)49-42(24-28-55)20-21-44(48(49)37(3)34-56)32-51(52,59)26-27-53-5/h6-17,20-21,30,34,38,42-44,46-47,49-50,53-55,57-59H,2,18-19,22-29,31-33H2,1,3-5H3. The lowest BCUT2D eigenvalue weighted by Gasteiger charge is -2.61. The highest BCUT2D eigenvalue weighted by Crippen LogP contribution is 2.67. The summed E-state index contributed by atoms with van der Waals surface area (Å²) in [7, 11) is 1.88. The van der Waals surface area contributed by atoms with Gasteiger partial charge in [-0.3, -0.25) is 4.79 Å². The van der Waals surface area contributed by atoms with E-state index in [1.807, 2.05) is 44.3 Å². The van der Waals surface area contributed by atoms with Crippen LogP contribution in [0.1, 0.15) is 82.4 Å². The summed E-state index contributed by atoms with van der Waals surface area (Å²) in [4.78, 5) is 12.5. The summed E-state index contributed by atoms with van der Waals surface area (Å²) in [5.74, 6) is -0.869. The van der Waals surface area contributed by atoms with Gasteiger partial charge < -0.3 is 31.1 Å². The second-order valence-corrected chi connectivity index (χ2v) is 18.3. The Labute approximate surface area is 353 Å². The molecule has 10 unspecified atom stereocenters. The lowest BCUT2D eigenvalue weighted by atomic mass is 9.45. The van der Waals surface area contributed by atoms with Crippen molar-refractivity contribution in [1.82, 2.24) is 10.6 Å². The molecule has 0 saturated heterocycles. The van der Waals surface area contributed by atoms with Gasteiger partial charge in [0.2, 0.25) is 0 Å². The van der Waals surface area contributed by atoms with Gasteiger partial charge in [0.25, 0.3) is 0 Å². The first kappa shape index (κ1) is 44.9. The third-order valence-corrected chi connectivity index (χ3v) is 14.4. The molecule has 4 bridgehead atoms. The van der Waals surface area contributed by atoms with Crippen LogP contribution in [0.25, 0.3) is 0 Å². The molecule has 2 fully saturated rings. The fraction of sp³-hybridized carbons (Fsp3) is 0.519. The first-order valence-corrected chi connectivity index (χ1v) is 22.2. The van der Waals surface area contributed by atoms with Gasteiger partial charge in [-0.15, -0.1) is 0 Å². The number of hydrogen-bond donors (Lipinski definition) is 6. The van der Waals surface area contributed by atoms with E-state index in [-0.39, 0.29) is 30.3 Å². The first-order valence-electron chi connectivity index (χ1n) is 22.2. The molecular formula is C52H70N2O5. The number of rotatable bonds is 14. The predicted molar refractivity (Wildman–Crippen MR) is 240 cm³/mol. The molecule has 0 amide bonds. The predicted octanol–water partition coefficient (Wildman–Crippen LogP) is 7.57. The Morgan fingerprint density at radius 3 is 2.59 bits per heavy atom. The summed E-state index contributed by atoms with van der Waals surface area (Å²) in [6.45, 7) is 12.3. The molecule has 3 aliphatic carbocycles. The maximum Gasteiger partial charge on any atom is 0.145 e. The number of fused-ring (bicyclic) bond motifs is 5. The number of nitrogens with one attached hydrogen (secondary N) is 2. The zero-order valence-corrected chi connectivity index (χ0v) is 36.0. The third-order valence-electron chi connectivity index (χ3n) is 14.4. The molecule has 0 radical (unpaired) electrons. The van der Waals surface area contributed by atoms with Gasteiger partial charge in [-0.05, 0) is 144 Å². The molecule has 1 heterocycles. The largest absolute Gasteiger partial charge is 0.396 e. The van der Waals surface area contributed by atoms with Crippen molar-refractivity contribution < 1.29 is 25.2 Å². The molecule has 1 aliphatic heterocycles. The van der Waals surface area contributed by atoms with Crippen LogP contribution in [0.5, 0.6) is 0 Å². The van der Waals surface area contributed by atoms with Crippen LogP contribution in [-0.2, 0) is 24.1 Å². The van der Waals surface area contributed by atoms with Crippen molar-refractivity contribution >= 4 is 6.29 Å². The molecule has 7 nitrogen and oxygen atoms in total. The SMILES string of the molecule is C=C(C=CC=C(C(O)CCc1ccccc1)C1CCC2(C1O)C1C(=C(C)C=O)C(C=CC1CCO)CC2(O)CCNC)C1CC=C(C)CNC(C)Cc2cccc(c2)C1. The topological polar surface area (TPSA) is 122 Å². The molecule has 6 rings (SSSR count). The van der Waals surface area contributed by atoms with Crippen LogP contribution in [0.3, 0.4) is 0 Å². The summed E-state index contributed by atoms with van der Waals surface area (Å²) >= 11 is 0. The molecule has 59 heavy (non-hydrogen) atoms. The van der Waals surface area contributed by atoms with Crippen LogP contribution in [0.2, 0.25) is 0 Å². The fourth-order valence-electron chi connectivity index (χ4n) is 11.3. The number of carbonyl (C=O) groups is 1. The van der Waals surface area contributed by atoms with Crippen LogP contribution in [-0.4, -0.2) is 77.3 Å². The molecule has 318 valence electrons. The number of benzene rings is 2. The molecular weight excluding hydrogens is 733 g/mol. The molecule has 0 aromatic heterocycles. The molecule has 7 heteroatoms. The summed E-state index contributed by atoms with van der Waals surface area (Å²) in [5, 5.41) is 55.5. The number of aldehydes is 1. The minimum Gasteiger partial charge on any atom is -0.396 e. The Hall–Kier alpha value is -3.69. The van der Waals surface area contributed by atoms with Gasteiger partial charge in [-0.25, -0.2) is 0 Å².